The van der Waals surface area contributed by atoms with Gasteiger partial charge >= 0.3 is 0 Å². The van der Waals surface area contributed by atoms with Crippen molar-refractivity contribution in [1.29, 1.82) is 0 Å². The van der Waals surface area contributed by atoms with Gasteiger partial charge in [-0.15, -0.1) is 0 Å². The van der Waals surface area contributed by atoms with Crippen LogP contribution in [0.3, 0.4) is 0 Å². The fraction of sp³-hybridized carbons (Fsp3) is 1.00. The maximum atomic E-state index is 10.2. The Kier molecular flexibility index (Phi) is 4.37. The van der Waals surface area contributed by atoms with Crippen molar-refractivity contribution in [1.82, 2.24) is 5.32 Å². The lowest BCUT2D eigenvalue weighted by Gasteiger charge is -2.39. The molecule has 0 unspecified atom stereocenters. The Labute approximate surface area is 129 Å². The zero-order valence-electron chi connectivity index (χ0n) is 14.0. The largest absolute Gasteiger partial charge is 0.389 e. The molecule has 0 amide bonds. The Morgan fingerprint density at radius 2 is 1.90 bits per heavy atom. The van der Waals surface area contributed by atoms with Crippen LogP contribution in [0.4, 0.5) is 0 Å². The molecule has 0 saturated heterocycles. The molecule has 3 nitrogen and oxygen atoms in total. The van der Waals surface area contributed by atoms with Crippen molar-refractivity contribution in [3.05, 3.63) is 0 Å². The van der Waals surface area contributed by atoms with Gasteiger partial charge in [-0.25, -0.2) is 0 Å². The summed E-state index contributed by atoms with van der Waals surface area (Å²) in [6, 6.07) is 0.624. The predicted octanol–water partition coefficient (Wildman–Crippen LogP) is 3.11. The molecule has 0 aromatic heterocycles. The fourth-order valence-electron chi connectivity index (χ4n) is 5.10. The summed E-state index contributed by atoms with van der Waals surface area (Å²) >= 11 is 0. The van der Waals surface area contributed by atoms with Crippen molar-refractivity contribution in [2.24, 2.45) is 16.7 Å². The molecule has 0 heterocycles. The van der Waals surface area contributed by atoms with Gasteiger partial charge in [-0.2, -0.15) is 0 Å². The SMILES string of the molecule is CC1(C)[C@@H]2CC[C@]1(C)[C@H](OC[C@H](O)CNC1CCCC1)C2. The summed E-state index contributed by atoms with van der Waals surface area (Å²) in [5, 5.41) is 13.7. The second-order valence-electron chi connectivity index (χ2n) is 8.48. The third-order valence-electron chi connectivity index (χ3n) is 7.20. The van der Waals surface area contributed by atoms with Crippen molar-refractivity contribution >= 4 is 0 Å². The lowest BCUT2D eigenvalue weighted by atomic mass is 9.70. The second kappa shape index (κ2) is 5.82. The van der Waals surface area contributed by atoms with Crippen LogP contribution in [0.2, 0.25) is 0 Å². The molecule has 3 heteroatoms. The van der Waals surface area contributed by atoms with Crippen LogP contribution in [0.5, 0.6) is 0 Å². The first-order valence-corrected chi connectivity index (χ1v) is 8.96. The Morgan fingerprint density at radius 1 is 1.19 bits per heavy atom. The summed E-state index contributed by atoms with van der Waals surface area (Å²) in [7, 11) is 0. The maximum absolute atomic E-state index is 10.2. The zero-order valence-corrected chi connectivity index (χ0v) is 14.0. The van der Waals surface area contributed by atoms with E-state index in [0.717, 1.165) is 5.92 Å². The second-order valence-corrected chi connectivity index (χ2v) is 8.48. The van der Waals surface area contributed by atoms with Gasteiger partial charge in [0.25, 0.3) is 0 Å². The number of ether oxygens (including phenoxy) is 1. The minimum atomic E-state index is -0.364. The Balaban J connectivity index is 1.43. The fourth-order valence-corrected chi connectivity index (χ4v) is 5.10. The first-order chi connectivity index (χ1) is 9.93. The normalized spacial score (nSPS) is 40.0. The smallest absolute Gasteiger partial charge is 0.0897 e. The Hall–Kier alpha value is -0.120. The number of hydrogen-bond acceptors (Lipinski definition) is 3. The number of rotatable bonds is 6. The van der Waals surface area contributed by atoms with E-state index in [4.69, 9.17) is 4.74 Å². The summed E-state index contributed by atoms with van der Waals surface area (Å²) in [6.07, 6.45) is 9.01. The molecule has 4 atom stereocenters. The molecular weight excluding hydrogens is 262 g/mol. The van der Waals surface area contributed by atoms with Gasteiger partial charge < -0.3 is 15.2 Å². The number of hydrogen-bond donors (Lipinski definition) is 2. The van der Waals surface area contributed by atoms with Crippen molar-refractivity contribution in [2.45, 2.75) is 84.0 Å². The number of nitrogens with one attached hydrogen (secondary N) is 1. The van der Waals surface area contributed by atoms with Crippen molar-refractivity contribution in [3.8, 4) is 0 Å². The van der Waals surface area contributed by atoms with Gasteiger partial charge in [0.05, 0.1) is 18.8 Å². The van der Waals surface area contributed by atoms with E-state index in [2.05, 4.69) is 26.1 Å². The van der Waals surface area contributed by atoms with E-state index in [1.54, 1.807) is 0 Å². The lowest BCUT2D eigenvalue weighted by molar-refractivity contribution is -0.0744. The average Bonchev–Trinajstić information content (AvgIpc) is 3.08. The lowest BCUT2D eigenvalue weighted by Crippen LogP contribution is -2.41. The van der Waals surface area contributed by atoms with E-state index < -0.39 is 0 Å². The van der Waals surface area contributed by atoms with Crippen LogP contribution < -0.4 is 5.32 Å². The molecule has 21 heavy (non-hydrogen) atoms. The van der Waals surface area contributed by atoms with Crippen LogP contribution in [-0.4, -0.2) is 36.5 Å². The maximum Gasteiger partial charge on any atom is 0.0897 e. The van der Waals surface area contributed by atoms with E-state index in [-0.39, 0.29) is 6.10 Å². The Morgan fingerprint density at radius 3 is 2.48 bits per heavy atom. The third-order valence-corrected chi connectivity index (χ3v) is 7.20. The summed E-state index contributed by atoms with van der Waals surface area (Å²) in [5.74, 6) is 0.807. The molecular formula is C18H33NO2. The molecule has 0 aliphatic heterocycles. The van der Waals surface area contributed by atoms with Crippen LogP contribution in [-0.2, 0) is 4.74 Å². The van der Waals surface area contributed by atoms with Crippen molar-refractivity contribution in [3.63, 3.8) is 0 Å². The summed E-state index contributed by atoms with van der Waals surface area (Å²) in [6.45, 7) is 8.38. The first-order valence-electron chi connectivity index (χ1n) is 8.96. The third kappa shape index (κ3) is 2.77. The highest BCUT2D eigenvalue weighted by Crippen LogP contribution is 2.66. The van der Waals surface area contributed by atoms with Gasteiger partial charge in [-0.1, -0.05) is 33.6 Å². The van der Waals surface area contributed by atoms with Crippen LogP contribution in [0, 0.1) is 16.7 Å². The van der Waals surface area contributed by atoms with E-state index in [1.165, 1.54) is 44.9 Å². The predicted molar refractivity (Wildman–Crippen MR) is 85.2 cm³/mol. The molecule has 3 fully saturated rings. The molecule has 3 rings (SSSR count). The first kappa shape index (κ1) is 15.8. The van der Waals surface area contributed by atoms with E-state index in [0.29, 0.717) is 36.1 Å². The average molecular weight is 295 g/mol. The molecule has 2 bridgehead atoms. The van der Waals surface area contributed by atoms with Crippen molar-refractivity contribution in [2.75, 3.05) is 13.2 Å². The summed E-state index contributed by atoms with van der Waals surface area (Å²) in [4.78, 5) is 0. The van der Waals surface area contributed by atoms with Gasteiger partial charge in [0.2, 0.25) is 0 Å². The summed E-state index contributed by atoms with van der Waals surface area (Å²) in [5.41, 5.74) is 0.695. The minimum absolute atomic E-state index is 0.302. The Bertz CT molecular complexity index is 364. The highest BCUT2D eigenvalue weighted by molar-refractivity contribution is 5.11. The highest BCUT2D eigenvalue weighted by atomic mass is 16.5. The monoisotopic (exact) mass is 295 g/mol. The van der Waals surface area contributed by atoms with Gasteiger partial charge in [0.1, 0.15) is 0 Å². The standard InChI is InChI=1S/C18H33NO2/c1-17(2)13-8-9-18(17,3)16(10-13)21-12-15(20)11-19-14-6-4-5-7-14/h13-16,19-20H,4-12H2,1-3H3/t13-,15-,16-,18-/m1/s1. The van der Waals surface area contributed by atoms with Crippen LogP contribution >= 0.6 is 0 Å². The molecule has 3 aliphatic rings. The zero-order chi connectivity index (χ0) is 15.1. The molecule has 3 aliphatic carbocycles. The van der Waals surface area contributed by atoms with E-state index >= 15 is 0 Å². The topological polar surface area (TPSA) is 41.5 Å². The molecule has 122 valence electrons. The van der Waals surface area contributed by atoms with E-state index in [9.17, 15) is 5.11 Å². The van der Waals surface area contributed by atoms with Gasteiger partial charge in [0.15, 0.2) is 0 Å². The van der Waals surface area contributed by atoms with Crippen molar-refractivity contribution < 1.29 is 9.84 Å². The van der Waals surface area contributed by atoms with Gasteiger partial charge in [-0.3, -0.25) is 0 Å². The van der Waals surface area contributed by atoms with Crippen LogP contribution in [0.1, 0.15) is 65.7 Å². The number of aliphatic hydroxyl groups is 1. The number of aliphatic hydroxyl groups excluding tert-OH is 1. The number of fused-ring (bicyclic) bond motifs is 2. The van der Waals surface area contributed by atoms with Crippen LogP contribution in [0.25, 0.3) is 0 Å². The molecule has 2 N–H and O–H groups in total. The van der Waals surface area contributed by atoms with Gasteiger partial charge in [0, 0.05) is 12.6 Å². The van der Waals surface area contributed by atoms with Crippen LogP contribution in [0.15, 0.2) is 0 Å². The molecule has 0 aromatic carbocycles. The van der Waals surface area contributed by atoms with E-state index in [1.807, 2.05) is 0 Å². The quantitative estimate of drug-likeness (QED) is 0.791. The molecule has 0 aromatic rings. The molecule has 3 saturated carbocycles. The molecule has 0 spiro atoms. The summed E-state index contributed by atoms with van der Waals surface area (Å²) < 4.78 is 6.16. The minimum Gasteiger partial charge on any atom is -0.389 e. The highest BCUT2D eigenvalue weighted by Gasteiger charge is 2.61. The molecule has 0 radical (unpaired) electrons. The van der Waals surface area contributed by atoms with Gasteiger partial charge in [-0.05, 0) is 48.9 Å².